The first-order valence-corrected chi connectivity index (χ1v) is 31.6. The second-order valence-corrected chi connectivity index (χ2v) is 21.3. The topological polar surface area (TPSA) is 175 Å². The van der Waals surface area contributed by atoms with Crippen molar-refractivity contribution in [1.29, 1.82) is 0 Å². The molecule has 3 N–H and O–H groups in total. The zero-order valence-electron chi connectivity index (χ0n) is 49.8. The van der Waals surface area contributed by atoms with Crippen molar-refractivity contribution in [2.24, 2.45) is 0 Å². The third kappa shape index (κ3) is 44.3. The number of carbonyl (C=O) groups excluding carboxylic acids is 3. The summed E-state index contributed by atoms with van der Waals surface area (Å²) in [5.41, 5.74) is 0. The number of carboxylic acids is 1. The van der Waals surface area contributed by atoms with Crippen LogP contribution < -0.4 is 0 Å². The van der Waals surface area contributed by atoms with Crippen molar-refractivity contribution in [1.82, 2.24) is 0 Å². The van der Waals surface area contributed by atoms with Crippen LogP contribution in [0.2, 0.25) is 0 Å². The highest BCUT2D eigenvalue weighted by Gasteiger charge is 2.50. The molecule has 0 radical (unpaired) electrons. The van der Waals surface area contributed by atoms with Crippen molar-refractivity contribution in [3.05, 3.63) is 85.1 Å². The predicted octanol–water partition coefficient (Wildman–Crippen LogP) is 16.7. The minimum Gasteiger partial charge on any atom is -0.479 e. The molecule has 0 aromatic rings. The Bertz CT molecular complexity index is 1700. The Hall–Kier alpha value is -4.10. The molecule has 79 heavy (non-hydrogen) atoms. The van der Waals surface area contributed by atoms with E-state index in [1.54, 1.807) is 0 Å². The Morgan fingerprint density at radius 1 is 0.430 bits per heavy atom. The highest BCUT2D eigenvalue weighted by atomic mass is 16.7. The van der Waals surface area contributed by atoms with Crippen molar-refractivity contribution in [2.45, 2.75) is 302 Å². The lowest BCUT2D eigenvalue weighted by Crippen LogP contribution is -2.61. The normalized spacial score (nSPS) is 18.4. The summed E-state index contributed by atoms with van der Waals surface area (Å²) in [5, 5.41) is 31.5. The number of ether oxygens (including phenoxy) is 5. The summed E-state index contributed by atoms with van der Waals surface area (Å²) in [4.78, 5) is 51.2. The van der Waals surface area contributed by atoms with Gasteiger partial charge >= 0.3 is 23.9 Å². The van der Waals surface area contributed by atoms with Crippen molar-refractivity contribution >= 4 is 23.9 Å². The van der Waals surface area contributed by atoms with Crippen LogP contribution in [0.3, 0.4) is 0 Å². The molecule has 0 saturated carbocycles. The van der Waals surface area contributed by atoms with E-state index in [0.29, 0.717) is 19.3 Å². The molecule has 0 aromatic carbocycles. The summed E-state index contributed by atoms with van der Waals surface area (Å²) in [7, 11) is 0. The highest BCUT2D eigenvalue weighted by Crippen LogP contribution is 2.26. The lowest BCUT2D eigenvalue weighted by Gasteiger charge is -2.40. The Morgan fingerprint density at radius 2 is 0.797 bits per heavy atom. The number of carboxylic acid groups (broad SMARTS) is 1. The first kappa shape index (κ1) is 72.9. The van der Waals surface area contributed by atoms with E-state index in [2.05, 4.69) is 106 Å². The van der Waals surface area contributed by atoms with Gasteiger partial charge in [-0.1, -0.05) is 221 Å². The largest absolute Gasteiger partial charge is 0.479 e. The minimum absolute atomic E-state index is 0.0216. The van der Waals surface area contributed by atoms with Crippen LogP contribution in [0.4, 0.5) is 0 Å². The van der Waals surface area contributed by atoms with Crippen LogP contribution in [0.15, 0.2) is 85.1 Å². The van der Waals surface area contributed by atoms with Gasteiger partial charge in [-0.2, -0.15) is 0 Å². The van der Waals surface area contributed by atoms with Crippen LogP contribution in [0.5, 0.6) is 0 Å². The van der Waals surface area contributed by atoms with Gasteiger partial charge < -0.3 is 39.0 Å². The van der Waals surface area contributed by atoms with E-state index in [0.717, 1.165) is 122 Å². The number of hydrogen-bond acceptors (Lipinski definition) is 11. The van der Waals surface area contributed by atoms with Crippen LogP contribution >= 0.6 is 0 Å². The number of esters is 3. The summed E-state index contributed by atoms with van der Waals surface area (Å²) >= 11 is 0. The smallest absolute Gasteiger partial charge is 0.335 e. The molecule has 1 fully saturated rings. The maximum absolute atomic E-state index is 13.2. The lowest BCUT2D eigenvalue weighted by molar-refractivity contribution is -0.301. The van der Waals surface area contributed by atoms with Gasteiger partial charge in [0.25, 0.3) is 0 Å². The molecule has 0 aromatic heterocycles. The van der Waals surface area contributed by atoms with E-state index in [1.807, 2.05) is 0 Å². The predicted molar refractivity (Wildman–Crippen MR) is 321 cm³/mol. The molecule has 12 heteroatoms. The molecule has 1 heterocycles. The molecule has 1 saturated heterocycles. The van der Waals surface area contributed by atoms with Crippen LogP contribution in [-0.2, 0) is 42.9 Å². The number of aliphatic hydroxyl groups excluding tert-OH is 2. The summed E-state index contributed by atoms with van der Waals surface area (Å²) in [6.07, 6.45) is 58.4. The number of aliphatic carboxylic acids is 1. The fourth-order valence-corrected chi connectivity index (χ4v) is 9.16. The Morgan fingerprint density at radius 3 is 1.24 bits per heavy atom. The molecule has 1 aliphatic heterocycles. The molecule has 0 spiro atoms. The second-order valence-electron chi connectivity index (χ2n) is 21.3. The van der Waals surface area contributed by atoms with Gasteiger partial charge in [0.05, 0.1) is 6.61 Å². The molecule has 1 rings (SSSR count). The van der Waals surface area contributed by atoms with E-state index in [9.17, 15) is 34.5 Å². The van der Waals surface area contributed by atoms with Gasteiger partial charge in [-0.15, -0.1) is 0 Å². The van der Waals surface area contributed by atoms with Gasteiger partial charge in [-0.25, -0.2) is 4.79 Å². The summed E-state index contributed by atoms with van der Waals surface area (Å²) < 4.78 is 28.5. The average Bonchev–Trinajstić information content (AvgIpc) is 3.46. The van der Waals surface area contributed by atoms with Gasteiger partial charge in [-0.05, 0) is 109 Å². The van der Waals surface area contributed by atoms with E-state index in [1.165, 1.54) is 83.5 Å². The Labute approximate surface area is 480 Å². The lowest BCUT2D eigenvalue weighted by atomic mass is 9.98. The zero-order chi connectivity index (χ0) is 57.5. The van der Waals surface area contributed by atoms with Crippen molar-refractivity contribution in [3.63, 3.8) is 0 Å². The second kappa shape index (κ2) is 54.5. The van der Waals surface area contributed by atoms with E-state index >= 15 is 0 Å². The third-order valence-electron chi connectivity index (χ3n) is 13.9. The first-order chi connectivity index (χ1) is 38.6. The van der Waals surface area contributed by atoms with Crippen molar-refractivity contribution < 1.29 is 58.2 Å². The SMILES string of the molecule is CC/C=C\C/C=C\C/C=C\CCCCCCCCCC(=O)OC(COC(=O)CCCCCCCCCCC/C=C\CCCCCCCC)COC1OC(C(=O)O)C(O)C(O)C1OC(=O)CCCCC/C=C\C/C=C\C/C=C\CC. The molecular formula is C67H112O12. The van der Waals surface area contributed by atoms with Gasteiger partial charge in [-0.3, -0.25) is 14.4 Å². The van der Waals surface area contributed by atoms with Gasteiger partial charge in [0.2, 0.25) is 0 Å². The molecule has 0 aliphatic carbocycles. The third-order valence-corrected chi connectivity index (χ3v) is 13.9. The summed E-state index contributed by atoms with van der Waals surface area (Å²) in [6.45, 7) is 5.76. The van der Waals surface area contributed by atoms with Crippen molar-refractivity contribution in [3.8, 4) is 0 Å². The molecule has 6 unspecified atom stereocenters. The Balaban J connectivity index is 2.68. The maximum Gasteiger partial charge on any atom is 0.335 e. The number of carbonyl (C=O) groups is 4. The van der Waals surface area contributed by atoms with Crippen LogP contribution in [0, 0.1) is 0 Å². The molecule has 1 aliphatic rings. The van der Waals surface area contributed by atoms with Gasteiger partial charge in [0.15, 0.2) is 24.6 Å². The molecule has 452 valence electrons. The monoisotopic (exact) mass is 1110 g/mol. The first-order valence-electron chi connectivity index (χ1n) is 31.6. The number of aliphatic hydroxyl groups is 2. The van der Waals surface area contributed by atoms with Crippen LogP contribution in [0.25, 0.3) is 0 Å². The standard InChI is InChI=1S/C67H112O12/c1-4-7-10-13-16-19-22-25-27-29-30-32-33-36-38-41-44-47-50-53-59(68)75-56-58(77-60(69)54-51-48-45-42-40-37-34-31-28-26-23-20-17-14-11-8-5-2)57-76-67-65(63(72)62(71)64(79-67)66(73)74)78-61(70)55-52-49-46-43-39-35-24-21-18-15-12-9-6-3/h8-9,11-12,17-18,20-21,25-28,35,39,58,62-65,67,71-72H,4-7,10,13-16,19,22-24,29-34,36-38,40-57H2,1-3H3,(H,73,74)/b11-8-,12-9-,20-17-,21-18-,27-25-,28-26-,39-35-. The van der Waals surface area contributed by atoms with E-state index in [-0.39, 0.29) is 25.9 Å². The van der Waals surface area contributed by atoms with Gasteiger partial charge in [0.1, 0.15) is 18.8 Å². The minimum atomic E-state index is -1.92. The quantitative estimate of drug-likeness (QED) is 0.0228. The van der Waals surface area contributed by atoms with Gasteiger partial charge in [0, 0.05) is 19.3 Å². The Kier molecular flexibility index (Phi) is 50.3. The molecule has 0 bridgehead atoms. The average molecular weight is 1110 g/mol. The van der Waals surface area contributed by atoms with E-state index < -0.39 is 67.3 Å². The van der Waals surface area contributed by atoms with E-state index in [4.69, 9.17) is 23.7 Å². The number of hydrogen-bond donors (Lipinski definition) is 3. The number of allylic oxidation sites excluding steroid dienone is 14. The molecule has 0 amide bonds. The summed E-state index contributed by atoms with van der Waals surface area (Å²) in [5.74, 6) is -3.17. The number of rotatable bonds is 53. The zero-order valence-corrected chi connectivity index (χ0v) is 49.8. The molecular weight excluding hydrogens is 997 g/mol. The van der Waals surface area contributed by atoms with Crippen LogP contribution in [-0.4, -0.2) is 89.2 Å². The maximum atomic E-state index is 13.2. The fraction of sp³-hybridized carbons (Fsp3) is 0.731. The van der Waals surface area contributed by atoms with Crippen molar-refractivity contribution in [2.75, 3.05) is 13.2 Å². The van der Waals surface area contributed by atoms with Crippen LogP contribution in [0.1, 0.15) is 265 Å². The molecule has 12 nitrogen and oxygen atoms in total. The molecule has 6 atom stereocenters. The summed E-state index contributed by atoms with van der Waals surface area (Å²) in [6, 6.07) is 0. The highest BCUT2D eigenvalue weighted by molar-refractivity contribution is 5.74. The fourth-order valence-electron chi connectivity index (χ4n) is 9.16. The number of unbranched alkanes of at least 4 members (excludes halogenated alkanes) is 25.